The molecule has 1 aliphatic rings. The van der Waals surface area contributed by atoms with Crippen LogP contribution < -0.4 is 0 Å². The molecule has 7 nitrogen and oxygen atoms in total. The van der Waals surface area contributed by atoms with Crippen LogP contribution in [-0.4, -0.2) is 48.4 Å². The number of piperidine rings is 1. The highest BCUT2D eigenvalue weighted by atomic mass is 16.2. The Morgan fingerprint density at radius 1 is 1.12 bits per heavy atom. The minimum absolute atomic E-state index is 0.0714. The molecule has 3 heterocycles. The molecule has 0 unspecified atom stereocenters. The third-order valence-corrected chi connectivity index (χ3v) is 4.41. The lowest BCUT2D eigenvalue weighted by Gasteiger charge is -2.33. The summed E-state index contributed by atoms with van der Waals surface area (Å²) in [5.41, 5.74) is 1.64. The number of rotatable bonds is 3. The summed E-state index contributed by atoms with van der Waals surface area (Å²) in [7, 11) is 0. The van der Waals surface area contributed by atoms with Gasteiger partial charge in [0.1, 0.15) is 12.7 Å². The number of carbonyl (C=O) groups excluding carboxylic acids is 1. The van der Waals surface area contributed by atoms with Gasteiger partial charge in [-0.1, -0.05) is 0 Å². The van der Waals surface area contributed by atoms with Crippen LogP contribution >= 0.6 is 0 Å². The number of aromatic nitrogens is 5. The van der Waals surface area contributed by atoms with Crippen molar-refractivity contribution >= 4 is 5.91 Å². The molecule has 0 bridgehead atoms. The van der Waals surface area contributed by atoms with Gasteiger partial charge in [0.05, 0.1) is 6.04 Å². The van der Waals surface area contributed by atoms with Gasteiger partial charge in [0.25, 0.3) is 5.91 Å². The fourth-order valence-corrected chi connectivity index (χ4v) is 3.14. The first kappa shape index (κ1) is 14.6. The molecule has 1 fully saturated rings. The highest BCUT2D eigenvalue weighted by molar-refractivity contribution is 5.94. The monoisotopic (exact) mass is 322 g/mol. The molecule has 122 valence electrons. The summed E-state index contributed by atoms with van der Waals surface area (Å²) in [6.07, 6.45) is 9.07. The van der Waals surface area contributed by atoms with Gasteiger partial charge in [0.15, 0.2) is 0 Å². The first-order chi connectivity index (χ1) is 11.8. The Morgan fingerprint density at radius 2 is 1.92 bits per heavy atom. The van der Waals surface area contributed by atoms with E-state index in [1.165, 1.54) is 0 Å². The summed E-state index contributed by atoms with van der Waals surface area (Å²) >= 11 is 0. The van der Waals surface area contributed by atoms with Crippen molar-refractivity contribution in [2.75, 3.05) is 13.1 Å². The second-order valence-corrected chi connectivity index (χ2v) is 5.95. The summed E-state index contributed by atoms with van der Waals surface area (Å²) in [6.45, 7) is 1.50. The largest absolute Gasteiger partial charge is 0.337 e. The van der Waals surface area contributed by atoms with E-state index in [2.05, 4.69) is 15.3 Å². The molecule has 0 saturated carbocycles. The number of carbonyl (C=O) groups is 1. The average molecular weight is 322 g/mol. The van der Waals surface area contributed by atoms with Crippen molar-refractivity contribution < 1.29 is 4.79 Å². The number of hydrogen-bond donors (Lipinski definition) is 0. The van der Waals surface area contributed by atoms with E-state index in [-0.39, 0.29) is 11.9 Å². The van der Waals surface area contributed by atoms with E-state index < -0.39 is 0 Å². The van der Waals surface area contributed by atoms with Gasteiger partial charge in [-0.15, -0.1) is 10.2 Å². The summed E-state index contributed by atoms with van der Waals surface area (Å²) in [4.78, 5) is 14.7. The van der Waals surface area contributed by atoms with Gasteiger partial charge in [-0.05, 0) is 43.2 Å². The van der Waals surface area contributed by atoms with Gasteiger partial charge in [0.2, 0.25) is 0 Å². The average Bonchev–Trinajstić information content (AvgIpc) is 3.35. The molecule has 0 N–H and O–H groups in total. The fourth-order valence-electron chi connectivity index (χ4n) is 3.14. The zero-order valence-corrected chi connectivity index (χ0v) is 13.2. The highest BCUT2D eigenvalue weighted by Gasteiger charge is 2.25. The number of hydrogen-bond acceptors (Lipinski definition) is 4. The summed E-state index contributed by atoms with van der Waals surface area (Å²) in [5, 5.41) is 11.9. The van der Waals surface area contributed by atoms with E-state index >= 15 is 0 Å². The summed E-state index contributed by atoms with van der Waals surface area (Å²) in [5.74, 6) is 0.0714. The lowest BCUT2D eigenvalue weighted by molar-refractivity contribution is 0.0673. The molecule has 1 atom stereocenters. The molecule has 1 aliphatic heterocycles. The van der Waals surface area contributed by atoms with Gasteiger partial charge in [-0.2, -0.15) is 5.10 Å². The van der Waals surface area contributed by atoms with Crippen molar-refractivity contribution in [3.05, 3.63) is 60.9 Å². The molecule has 1 saturated heterocycles. The Labute approximate surface area is 139 Å². The van der Waals surface area contributed by atoms with Gasteiger partial charge in [0, 0.05) is 36.7 Å². The molecule has 2 aromatic heterocycles. The predicted octanol–water partition coefficient (Wildman–Crippen LogP) is 1.94. The van der Waals surface area contributed by atoms with Crippen LogP contribution in [0.3, 0.4) is 0 Å². The van der Waals surface area contributed by atoms with Crippen molar-refractivity contribution in [3.63, 3.8) is 0 Å². The van der Waals surface area contributed by atoms with Crippen LogP contribution in [0.25, 0.3) is 5.69 Å². The van der Waals surface area contributed by atoms with Crippen LogP contribution in [0.2, 0.25) is 0 Å². The first-order valence-corrected chi connectivity index (χ1v) is 8.05. The minimum Gasteiger partial charge on any atom is -0.337 e. The lowest BCUT2D eigenvalue weighted by Crippen LogP contribution is -2.40. The Bertz CT molecular complexity index is 794. The van der Waals surface area contributed by atoms with E-state index in [1.807, 2.05) is 50.7 Å². The quantitative estimate of drug-likeness (QED) is 0.739. The lowest BCUT2D eigenvalue weighted by atomic mass is 10.0. The van der Waals surface area contributed by atoms with Crippen molar-refractivity contribution in [1.29, 1.82) is 0 Å². The van der Waals surface area contributed by atoms with Crippen molar-refractivity contribution in [3.8, 4) is 5.69 Å². The smallest absolute Gasteiger partial charge is 0.253 e. The van der Waals surface area contributed by atoms with Gasteiger partial charge >= 0.3 is 0 Å². The van der Waals surface area contributed by atoms with Crippen LogP contribution in [0.4, 0.5) is 0 Å². The highest BCUT2D eigenvalue weighted by Crippen LogP contribution is 2.22. The Kier molecular flexibility index (Phi) is 3.82. The van der Waals surface area contributed by atoms with Crippen LogP contribution in [-0.2, 0) is 0 Å². The summed E-state index contributed by atoms with van der Waals surface area (Å²) < 4.78 is 3.76. The maximum atomic E-state index is 12.8. The molecule has 24 heavy (non-hydrogen) atoms. The Morgan fingerprint density at radius 3 is 2.62 bits per heavy atom. The molecule has 1 aromatic carbocycles. The van der Waals surface area contributed by atoms with Crippen LogP contribution in [0.1, 0.15) is 29.2 Å². The van der Waals surface area contributed by atoms with Crippen LogP contribution in [0.15, 0.2) is 55.4 Å². The van der Waals surface area contributed by atoms with E-state index in [1.54, 1.807) is 18.9 Å². The van der Waals surface area contributed by atoms with Crippen molar-refractivity contribution in [2.45, 2.75) is 18.9 Å². The molecular weight excluding hydrogens is 304 g/mol. The molecule has 0 aliphatic carbocycles. The van der Waals surface area contributed by atoms with Gasteiger partial charge in [-0.3, -0.25) is 14.0 Å². The SMILES string of the molecule is O=C(c1ccc(-n2cnnc2)cc1)N1CCC[C@@H](n2cccn2)C1. The van der Waals surface area contributed by atoms with Crippen molar-refractivity contribution in [1.82, 2.24) is 29.4 Å². The molecule has 3 aromatic rings. The third kappa shape index (κ3) is 2.80. The predicted molar refractivity (Wildman–Crippen MR) is 87.8 cm³/mol. The summed E-state index contributed by atoms with van der Waals surface area (Å²) in [6, 6.07) is 9.71. The van der Waals surface area contributed by atoms with Gasteiger partial charge < -0.3 is 4.90 Å². The third-order valence-electron chi connectivity index (χ3n) is 4.41. The van der Waals surface area contributed by atoms with Crippen molar-refractivity contribution in [2.24, 2.45) is 0 Å². The fraction of sp³-hybridized carbons (Fsp3) is 0.294. The zero-order valence-electron chi connectivity index (χ0n) is 13.2. The van der Waals surface area contributed by atoms with Crippen LogP contribution in [0, 0.1) is 0 Å². The van der Waals surface area contributed by atoms with Crippen LogP contribution in [0.5, 0.6) is 0 Å². The molecule has 7 heteroatoms. The first-order valence-electron chi connectivity index (χ1n) is 8.05. The van der Waals surface area contributed by atoms with Gasteiger partial charge in [-0.25, -0.2) is 0 Å². The maximum absolute atomic E-state index is 12.8. The second-order valence-electron chi connectivity index (χ2n) is 5.95. The minimum atomic E-state index is 0.0714. The van der Waals surface area contributed by atoms with E-state index in [0.29, 0.717) is 12.1 Å². The molecule has 0 spiro atoms. The molecule has 1 amide bonds. The molecule has 4 rings (SSSR count). The molecule has 0 radical (unpaired) electrons. The molecular formula is C17H18N6O. The van der Waals surface area contributed by atoms with E-state index in [4.69, 9.17) is 0 Å². The maximum Gasteiger partial charge on any atom is 0.253 e. The Balaban J connectivity index is 1.49. The van der Waals surface area contributed by atoms with E-state index in [9.17, 15) is 4.79 Å². The number of likely N-dealkylation sites (tertiary alicyclic amines) is 1. The standard InChI is InChI=1S/C17H18N6O/c24-17(14-4-6-15(7-5-14)22-12-18-19-13-22)21-9-1-3-16(11-21)23-10-2-8-20-23/h2,4-8,10,12-13,16H,1,3,9,11H2/t16-/m1/s1. The zero-order chi connectivity index (χ0) is 16.4. The topological polar surface area (TPSA) is 68.8 Å². The number of nitrogens with zero attached hydrogens (tertiary/aromatic N) is 6. The normalized spacial score (nSPS) is 17.8. The second kappa shape index (κ2) is 6.27. The number of amides is 1. The van der Waals surface area contributed by atoms with E-state index in [0.717, 1.165) is 25.1 Å². The Hall–Kier alpha value is -2.96. The number of benzene rings is 1.